The van der Waals surface area contributed by atoms with Crippen LogP contribution in [0.5, 0.6) is 0 Å². The molecule has 0 saturated heterocycles. The van der Waals surface area contributed by atoms with Crippen LogP contribution in [0.2, 0.25) is 0 Å². The van der Waals surface area contributed by atoms with Crippen LogP contribution in [0.4, 0.5) is 11.4 Å². The average Bonchev–Trinajstić information content (AvgIpc) is 3.12. The molecule has 7 heteroatoms. The lowest BCUT2D eigenvalue weighted by Gasteiger charge is -2.08. The summed E-state index contributed by atoms with van der Waals surface area (Å²) in [5.41, 5.74) is 2.63. The molecule has 28 heavy (non-hydrogen) atoms. The van der Waals surface area contributed by atoms with Crippen molar-refractivity contribution in [3.8, 4) is 0 Å². The van der Waals surface area contributed by atoms with Gasteiger partial charge in [0, 0.05) is 17.8 Å². The van der Waals surface area contributed by atoms with E-state index in [9.17, 15) is 9.59 Å². The van der Waals surface area contributed by atoms with E-state index in [-0.39, 0.29) is 17.5 Å². The first-order valence-corrected chi connectivity index (χ1v) is 9.15. The Morgan fingerprint density at radius 3 is 2.25 bits per heavy atom. The summed E-state index contributed by atoms with van der Waals surface area (Å²) < 4.78 is 1.62. The van der Waals surface area contributed by atoms with Crippen molar-refractivity contribution in [1.29, 1.82) is 0 Å². The van der Waals surface area contributed by atoms with Gasteiger partial charge in [0.2, 0.25) is 5.91 Å². The molecule has 1 aromatic heterocycles. The number of hydrogen-bond acceptors (Lipinski definition) is 4. The molecule has 0 bridgehead atoms. The number of carbonyl (C=O) groups excluding carboxylic acids is 2. The zero-order valence-corrected chi connectivity index (χ0v) is 15.9. The average molecular weight is 377 g/mol. The molecule has 7 nitrogen and oxygen atoms in total. The van der Waals surface area contributed by atoms with Gasteiger partial charge in [-0.15, -0.1) is 5.10 Å². The van der Waals surface area contributed by atoms with Crippen LogP contribution in [-0.4, -0.2) is 26.8 Å². The highest BCUT2D eigenvalue weighted by Gasteiger charge is 2.12. The Morgan fingerprint density at radius 2 is 1.61 bits per heavy atom. The molecule has 0 aliphatic carbocycles. The molecule has 0 atom stereocenters. The highest BCUT2D eigenvalue weighted by molar-refractivity contribution is 6.02. The molecule has 2 aromatic carbocycles. The highest BCUT2D eigenvalue weighted by Crippen LogP contribution is 2.15. The Balaban J connectivity index is 1.57. The van der Waals surface area contributed by atoms with Gasteiger partial charge in [-0.3, -0.25) is 9.59 Å². The highest BCUT2D eigenvalue weighted by atomic mass is 16.2. The van der Waals surface area contributed by atoms with Crippen LogP contribution in [0.3, 0.4) is 0 Å². The van der Waals surface area contributed by atoms with E-state index in [0.717, 1.165) is 5.56 Å². The van der Waals surface area contributed by atoms with E-state index in [4.69, 9.17) is 0 Å². The number of rotatable bonds is 7. The molecule has 2 N–H and O–H groups in total. The fourth-order valence-corrected chi connectivity index (χ4v) is 2.67. The Hall–Kier alpha value is -3.48. The summed E-state index contributed by atoms with van der Waals surface area (Å²) in [4.78, 5) is 24.2. The summed E-state index contributed by atoms with van der Waals surface area (Å²) in [7, 11) is 0. The van der Waals surface area contributed by atoms with Crippen molar-refractivity contribution in [2.45, 2.75) is 26.8 Å². The van der Waals surface area contributed by atoms with Crippen LogP contribution in [-0.2, 0) is 11.3 Å². The minimum Gasteiger partial charge on any atom is -0.326 e. The number of nitrogens with one attached hydrogen (secondary N) is 2. The number of benzene rings is 2. The molecule has 3 rings (SSSR count). The number of nitrogens with zero attached hydrogens (tertiary/aromatic N) is 3. The lowest BCUT2D eigenvalue weighted by molar-refractivity contribution is -0.116. The lowest BCUT2D eigenvalue weighted by atomic mass is 10.1. The van der Waals surface area contributed by atoms with Gasteiger partial charge in [0.05, 0.1) is 12.7 Å². The van der Waals surface area contributed by atoms with Gasteiger partial charge in [0.15, 0.2) is 5.69 Å². The van der Waals surface area contributed by atoms with Crippen molar-refractivity contribution in [2.24, 2.45) is 5.92 Å². The maximum Gasteiger partial charge on any atom is 0.277 e. The summed E-state index contributed by atoms with van der Waals surface area (Å²) in [5, 5.41) is 13.6. The number of anilines is 2. The zero-order valence-electron chi connectivity index (χ0n) is 15.9. The Labute approximate surface area is 163 Å². The summed E-state index contributed by atoms with van der Waals surface area (Å²) in [5.74, 6) is -0.0633. The molecule has 0 saturated carbocycles. The van der Waals surface area contributed by atoms with Crippen LogP contribution in [0, 0.1) is 5.92 Å². The summed E-state index contributed by atoms with van der Waals surface area (Å²) in [6.07, 6.45) is 2.08. The van der Waals surface area contributed by atoms with Crippen LogP contribution >= 0.6 is 0 Å². The topological polar surface area (TPSA) is 88.9 Å². The molecule has 3 aromatic rings. The van der Waals surface area contributed by atoms with Gasteiger partial charge in [0.25, 0.3) is 5.91 Å². The quantitative estimate of drug-likeness (QED) is 0.659. The lowest BCUT2D eigenvalue weighted by Crippen LogP contribution is -2.14. The molecule has 1 heterocycles. The monoisotopic (exact) mass is 377 g/mol. The first-order chi connectivity index (χ1) is 13.5. The van der Waals surface area contributed by atoms with E-state index in [2.05, 4.69) is 20.9 Å². The molecule has 0 radical (unpaired) electrons. The number of aromatic nitrogens is 3. The van der Waals surface area contributed by atoms with E-state index in [0.29, 0.717) is 30.3 Å². The van der Waals surface area contributed by atoms with E-state index in [1.807, 2.05) is 44.2 Å². The second kappa shape index (κ2) is 8.94. The van der Waals surface area contributed by atoms with E-state index < -0.39 is 0 Å². The second-order valence-corrected chi connectivity index (χ2v) is 6.96. The van der Waals surface area contributed by atoms with Crippen molar-refractivity contribution in [3.63, 3.8) is 0 Å². The Morgan fingerprint density at radius 1 is 0.964 bits per heavy atom. The SMILES string of the molecule is CC(C)CC(=O)Nc1ccc(NC(=O)c2cn(Cc3ccccc3)nn2)cc1. The van der Waals surface area contributed by atoms with Crippen LogP contribution < -0.4 is 10.6 Å². The Kier molecular flexibility index (Phi) is 6.16. The minimum absolute atomic E-state index is 0.0261. The molecule has 0 fully saturated rings. The van der Waals surface area contributed by atoms with Gasteiger partial charge in [-0.2, -0.15) is 0 Å². The van der Waals surface area contributed by atoms with Crippen molar-refractivity contribution >= 4 is 23.2 Å². The molecule has 0 aliphatic heterocycles. The third kappa shape index (κ3) is 5.51. The molecular weight excluding hydrogens is 354 g/mol. The standard InChI is InChI=1S/C21H23N5O2/c1-15(2)12-20(27)22-17-8-10-18(11-9-17)23-21(28)19-14-26(25-24-19)13-16-6-4-3-5-7-16/h3-11,14-15H,12-13H2,1-2H3,(H,22,27)(H,23,28). The van der Waals surface area contributed by atoms with Gasteiger partial charge < -0.3 is 10.6 Å². The van der Waals surface area contributed by atoms with Crippen LogP contribution in [0.15, 0.2) is 60.8 Å². The summed E-state index contributed by atoms with van der Waals surface area (Å²) in [6, 6.07) is 16.8. The van der Waals surface area contributed by atoms with E-state index >= 15 is 0 Å². The van der Waals surface area contributed by atoms with Gasteiger partial charge in [-0.05, 0) is 35.7 Å². The maximum absolute atomic E-state index is 12.4. The predicted molar refractivity (Wildman–Crippen MR) is 108 cm³/mol. The zero-order chi connectivity index (χ0) is 19.9. The fourth-order valence-electron chi connectivity index (χ4n) is 2.67. The van der Waals surface area contributed by atoms with Crippen LogP contribution in [0.25, 0.3) is 0 Å². The summed E-state index contributed by atoms with van der Waals surface area (Å²) >= 11 is 0. The first-order valence-electron chi connectivity index (χ1n) is 9.15. The third-order valence-corrected chi connectivity index (χ3v) is 3.98. The second-order valence-electron chi connectivity index (χ2n) is 6.96. The normalized spacial score (nSPS) is 10.7. The number of carbonyl (C=O) groups is 2. The fraction of sp³-hybridized carbons (Fsp3) is 0.238. The van der Waals surface area contributed by atoms with E-state index in [1.165, 1.54) is 0 Å². The summed E-state index contributed by atoms with van der Waals surface area (Å²) in [6.45, 7) is 4.54. The number of amides is 2. The van der Waals surface area contributed by atoms with Crippen molar-refractivity contribution in [3.05, 3.63) is 72.1 Å². The number of hydrogen-bond donors (Lipinski definition) is 2. The van der Waals surface area contributed by atoms with Gasteiger partial charge in [-0.1, -0.05) is 49.4 Å². The van der Waals surface area contributed by atoms with Crippen molar-refractivity contribution in [1.82, 2.24) is 15.0 Å². The molecule has 144 valence electrons. The Bertz CT molecular complexity index is 933. The molecule has 0 spiro atoms. The van der Waals surface area contributed by atoms with Crippen LogP contribution in [0.1, 0.15) is 36.3 Å². The van der Waals surface area contributed by atoms with Gasteiger partial charge in [-0.25, -0.2) is 4.68 Å². The van der Waals surface area contributed by atoms with Gasteiger partial charge >= 0.3 is 0 Å². The van der Waals surface area contributed by atoms with E-state index in [1.54, 1.807) is 35.1 Å². The maximum atomic E-state index is 12.4. The first kappa shape index (κ1) is 19.3. The molecule has 2 amide bonds. The van der Waals surface area contributed by atoms with Crippen molar-refractivity contribution in [2.75, 3.05) is 10.6 Å². The van der Waals surface area contributed by atoms with Gasteiger partial charge in [0.1, 0.15) is 0 Å². The smallest absolute Gasteiger partial charge is 0.277 e. The molecule has 0 unspecified atom stereocenters. The minimum atomic E-state index is -0.337. The largest absolute Gasteiger partial charge is 0.326 e. The van der Waals surface area contributed by atoms with Crippen molar-refractivity contribution < 1.29 is 9.59 Å². The predicted octanol–water partition coefficient (Wildman–Crippen LogP) is 3.56. The molecular formula is C21H23N5O2. The molecule has 0 aliphatic rings. The third-order valence-electron chi connectivity index (χ3n) is 3.98.